The van der Waals surface area contributed by atoms with Crippen molar-refractivity contribution in [2.75, 3.05) is 0 Å². The monoisotopic (exact) mass is 242 g/mol. The fraction of sp³-hybridized carbons (Fsp3) is 0.929. The number of hydrogen-bond donors (Lipinski definition) is 0. The normalized spacial score (nSPS) is 29.7. The molecule has 0 N–H and O–H groups in total. The third-order valence-electron chi connectivity index (χ3n) is 3.20. The Labute approximate surface area is 105 Å². The average molecular weight is 242 g/mol. The van der Waals surface area contributed by atoms with Crippen molar-refractivity contribution in [3.8, 4) is 0 Å². The fourth-order valence-electron chi connectivity index (χ4n) is 2.44. The minimum Gasteiger partial charge on any atom is -0.462 e. The van der Waals surface area contributed by atoms with Crippen molar-refractivity contribution in [1.29, 1.82) is 0 Å². The molecule has 1 aliphatic heterocycles. The van der Waals surface area contributed by atoms with Crippen LogP contribution < -0.4 is 0 Å². The summed E-state index contributed by atoms with van der Waals surface area (Å²) in [4.78, 5) is 11.1. The van der Waals surface area contributed by atoms with Crippen molar-refractivity contribution >= 4 is 5.97 Å². The van der Waals surface area contributed by atoms with E-state index in [4.69, 9.17) is 9.47 Å². The largest absolute Gasteiger partial charge is 0.462 e. The Bertz CT molecular complexity index is 248. The van der Waals surface area contributed by atoms with Crippen molar-refractivity contribution in [3.63, 3.8) is 0 Å². The van der Waals surface area contributed by atoms with E-state index in [-0.39, 0.29) is 24.3 Å². The zero-order valence-corrected chi connectivity index (χ0v) is 11.7. The molecule has 0 unspecified atom stereocenters. The summed E-state index contributed by atoms with van der Waals surface area (Å²) in [6, 6.07) is 0. The summed E-state index contributed by atoms with van der Waals surface area (Å²) < 4.78 is 11.4. The third kappa shape index (κ3) is 5.07. The minimum atomic E-state index is -0.178. The lowest BCUT2D eigenvalue weighted by Gasteiger charge is -2.37. The van der Waals surface area contributed by atoms with E-state index in [1.54, 1.807) is 0 Å². The second-order valence-electron chi connectivity index (χ2n) is 5.87. The van der Waals surface area contributed by atoms with Gasteiger partial charge in [-0.15, -0.1) is 0 Å². The SMILES string of the molecule is CC(=O)O[C@H]1C[C@@H](CC(C)C)O[C@@H](C(C)C)C1. The van der Waals surface area contributed by atoms with E-state index in [0.717, 1.165) is 19.3 Å². The van der Waals surface area contributed by atoms with Crippen molar-refractivity contribution < 1.29 is 14.3 Å². The highest BCUT2D eigenvalue weighted by atomic mass is 16.6. The molecule has 3 heteroatoms. The van der Waals surface area contributed by atoms with Crippen LogP contribution in [-0.2, 0) is 14.3 Å². The molecular weight excluding hydrogens is 216 g/mol. The summed E-state index contributed by atoms with van der Waals surface area (Å²) in [5, 5.41) is 0. The van der Waals surface area contributed by atoms with Crippen LogP contribution in [0.4, 0.5) is 0 Å². The highest BCUT2D eigenvalue weighted by Crippen LogP contribution is 2.29. The summed E-state index contributed by atoms with van der Waals surface area (Å²) in [6.45, 7) is 10.2. The van der Waals surface area contributed by atoms with E-state index >= 15 is 0 Å². The van der Waals surface area contributed by atoms with Gasteiger partial charge in [0.2, 0.25) is 0 Å². The molecule has 3 nitrogen and oxygen atoms in total. The Morgan fingerprint density at radius 3 is 2.41 bits per heavy atom. The smallest absolute Gasteiger partial charge is 0.302 e. The average Bonchev–Trinajstić information content (AvgIpc) is 2.14. The number of hydrogen-bond acceptors (Lipinski definition) is 3. The van der Waals surface area contributed by atoms with E-state index in [1.165, 1.54) is 6.92 Å². The standard InChI is InChI=1S/C14H26O3/c1-9(2)6-12-7-13(16-11(5)15)8-14(17-12)10(3)4/h9-10,12-14H,6-8H2,1-5H3/t12-,13+,14-/m1/s1. The van der Waals surface area contributed by atoms with Crippen molar-refractivity contribution in [3.05, 3.63) is 0 Å². The van der Waals surface area contributed by atoms with Gasteiger partial charge < -0.3 is 9.47 Å². The summed E-state index contributed by atoms with van der Waals surface area (Å²) in [6.07, 6.45) is 3.23. The topological polar surface area (TPSA) is 35.5 Å². The first kappa shape index (κ1) is 14.5. The predicted molar refractivity (Wildman–Crippen MR) is 67.7 cm³/mol. The molecule has 17 heavy (non-hydrogen) atoms. The molecule has 1 rings (SSSR count). The van der Waals surface area contributed by atoms with Crippen LogP contribution in [0.25, 0.3) is 0 Å². The highest BCUT2D eigenvalue weighted by Gasteiger charge is 2.32. The number of carbonyl (C=O) groups excluding carboxylic acids is 1. The molecule has 0 aromatic carbocycles. The van der Waals surface area contributed by atoms with Crippen LogP contribution in [0.5, 0.6) is 0 Å². The molecule has 0 saturated carbocycles. The Morgan fingerprint density at radius 1 is 1.29 bits per heavy atom. The maximum atomic E-state index is 11.1. The Kier molecular flexibility index (Phi) is 5.44. The summed E-state index contributed by atoms with van der Waals surface area (Å²) in [5.74, 6) is 0.912. The number of carbonyl (C=O) groups is 1. The molecule has 0 radical (unpaired) electrons. The summed E-state index contributed by atoms with van der Waals surface area (Å²) in [5.41, 5.74) is 0. The first-order valence-electron chi connectivity index (χ1n) is 6.71. The zero-order valence-electron chi connectivity index (χ0n) is 11.7. The maximum Gasteiger partial charge on any atom is 0.302 e. The van der Waals surface area contributed by atoms with Crippen LogP contribution in [0.3, 0.4) is 0 Å². The molecule has 3 atom stereocenters. The summed E-state index contributed by atoms with van der Waals surface area (Å²) >= 11 is 0. The van der Waals surface area contributed by atoms with Gasteiger partial charge >= 0.3 is 5.97 Å². The van der Waals surface area contributed by atoms with Gasteiger partial charge in [0.15, 0.2) is 0 Å². The second-order valence-corrected chi connectivity index (χ2v) is 5.87. The molecule has 0 amide bonds. The van der Waals surface area contributed by atoms with E-state index in [2.05, 4.69) is 27.7 Å². The Hall–Kier alpha value is -0.570. The number of esters is 1. The van der Waals surface area contributed by atoms with Crippen LogP contribution >= 0.6 is 0 Å². The molecule has 0 bridgehead atoms. The third-order valence-corrected chi connectivity index (χ3v) is 3.20. The molecule has 1 saturated heterocycles. The van der Waals surface area contributed by atoms with E-state index in [9.17, 15) is 4.79 Å². The van der Waals surface area contributed by atoms with E-state index < -0.39 is 0 Å². The first-order chi connectivity index (χ1) is 7.88. The lowest BCUT2D eigenvalue weighted by atomic mass is 9.91. The van der Waals surface area contributed by atoms with E-state index in [0.29, 0.717) is 11.8 Å². The predicted octanol–water partition coefficient (Wildman–Crippen LogP) is 3.17. The quantitative estimate of drug-likeness (QED) is 0.710. The molecule has 1 heterocycles. The van der Waals surface area contributed by atoms with E-state index in [1.807, 2.05) is 0 Å². The minimum absolute atomic E-state index is 0.0393. The van der Waals surface area contributed by atoms with Gasteiger partial charge in [0.25, 0.3) is 0 Å². The molecule has 1 aliphatic rings. The highest BCUT2D eigenvalue weighted by molar-refractivity contribution is 5.66. The second kappa shape index (κ2) is 6.39. The van der Waals surface area contributed by atoms with Gasteiger partial charge in [-0.2, -0.15) is 0 Å². The van der Waals surface area contributed by atoms with Crippen LogP contribution in [0.15, 0.2) is 0 Å². The van der Waals surface area contributed by atoms with Crippen LogP contribution in [0.2, 0.25) is 0 Å². The molecule has 0 aromatic rings. The molecule has 0 aliphatic carbocycles. The summed E-state index contributed by atoms with van der Waals surface area (Å²) in [7, 11) is 0. The lowest BCUT2D eigenvalue weighted by molar-refractivity contribution is -0.163. The van der Waals surface area contributed by atoms with Gasteiger partial charge in [-0.1, -0.05) is 27.7 Å². The Balaban J connectivity index is 2.58. The van der Waals surface area contributed by atoms with Gasteiger partial charge in [0.1, 0.15) is 6.10 Å². The maximum absolute atomic E-state index is 11.1. The van der Waals surface area contributed by atoms with Crippen LogP contribution in [0.1, 0.15) is 53.9 Å². The Morgan fingerprint density at radius 2 is 1.94 bits per heavy atom. The first-order valence-corrected chi connectivity index (χ1v) is 6.71. The molecular formula is C14H26O3. The zero-order chi connectivity index (χ0) is 13.0. The van der Waals surface area contributed by atoms with Gasteiger partial charge in [-0.3, -0.25) is 4.79 Å². The van der Waals surface area contributed by atoms with Crippen molar-refractivity contribution in [2.45, 2.75) is 72.2 Å². The fourth-order valence-corrected chi connectivity index (χ4v) is 2.44. The molecule has 0 aromatic heterocycles. The van der Waals surface area contributed by atoms with Gasteiger partial charge in [-0.05, 0) is 18.3 Å². The molecule has 100 valence electrons. The van der Waals surface area contributed by atoms with Crippen molar-refractivity contribution in [2.24, 2.45) is 11.8 Å². The van der Waals surface area contributed by atoms with Gasteiger partial charge in [0.05, 0.1) is 12.2 Å². The van der Waals surface area contributed by atoms with Gasteiger partial charge in [-0.25, -0.2) is 0 Å². The van der Waals surface area contributed by atoms with Crippen molar-refractivity contribution in [1.82, 2.24) is 0 Å². The molecule has 1 fully saturated rings. The number of rotatable bonds is 4. The van der Waals surface area contributed by atoms with Crippen LogP contribution in [0, 0.1) is 11.8 Å². The number of ether oxygens (including phenoxy) is 2. The van der Waals surface area contributed by atoms with Crippen LogP contribution in [-0.4, -0.2) is 24.3 Å². The lowest BCUT2D eigenvalue weighted by Crippen LogP contribution is -2.40. The molecule has 0 spiro atoms. The van der Waals surface area contributed by atoms with Gasteiger partial charge in [0, 0.05) is 19.8 Å².